The molecule has 196 valence electrons. The average molecular weight is 507 g/mol. The number of nitrogens with zero attached hydrogens (tertiary/aromatic N) is 6. The number of anilines is 2. The summed E-state index contributed by atoms with van der Waals surface area (Å²) in [6, 6.07) is 7.98. The Bertz CT molecular complexity index is 1210. The third-order valence-corrected chi connectivity index (χ3v) is 7.86. The van der Waals surface area contributed by atoms with Crippen molar-refractivity contribution in [3.8, 4) is 17.3 Å². The summed E-state index contributed by atoms with van der Waals surface area (Å²) in [4.78, 5) is 11.4. The Morgan fingerprint density at radius 1 is 1.32 bits per heavy atom. The van der Waals surface area contributed by atoms with Crippen LogP contribution in [0, 0.1) is 17.2 Å². The maximum atomic E-state index is 12.7. The molecule has 0 spiro atoms. The summed E-state index contributed by atoms with van der Waals surface area (Å²) in [5.41, 5.74) is 4.41. The van der Waals surface area contributed by atoms with Gasteiger partial charge in [0.1, 0.15) is 18.9 Å². The van der Waals surface area contributed by atoms with Crippen LogP contribution in [-0.2, 0) is 5.41 Å². The lowest BCUT2D eigenvalue weighted by Crippen LogP contribution is -2.42. The van der Waals surface area contributed by atoms with Gasteiger partial charge in [0, 0.05) is 48.9 Å². The van der Waals surface area contributed by atoms with Crippen molar-refractivity contribution in [2.75, 3.05) is 56.6 Å². The normalized spacial score (nSPS) is 23.9. The molecule has 4 heterocycles. The van der Waals surface area contributed by atoms with Crippen LogP contribution in [0.1, 0.15) is 44.2 Å². The van der Waals surface area contributed by atoms with E-state index in [1.807, 2.05) is 32.0 Å². The molecule has 1 aromatic carbocycles. The molecule has 5 rings (SSSR count). The van der Waals surface area contributed by atoms with E-state index < -0.39 is 5.41 Å². The van der Waals surface area contributed by atoms with Gasteiger partial charge < -0.3 is 20.6 Å². The molecular weight excluding hydrogens is 471 g/mol. The Morgan fingerprint density at radius 2 is 2.14 bits per heavy atom. The van der Waals surface area contributed by atoms with E-state index >= 15 is 0 Å². The number of hydrazone groups is 1. The molecule has 0 radical (unpaired) electrons. The Labute approximate surface area is 217 Å². The van der Waals surface area contributed by atoms with E-state index in [1.165, 1.54) is 0 Å². The number of aliphatic hydroxyl groups excluding tert-OH is 1. The van der Waals surface area contributed by atoms with E-state index in [4.69, 9.17) is 10.1 Å². The number of hydrogen-bond donors (Lipinski definition) is 3. The highest BCUT2D eigenvalue weighted by atomic mass is 19.1. The molecule has 0 amide bonds. The number of nitrogens with one attached hydrogen (secondary N) is 2. The van der Waals surface area contributed by atoms with Gasteiger partial charge in [0.25, 0.3) is 0 Å². The zero-order valence-electron chi connectivity index (χ0n) is 21.5. The lowest BCUT2D eigenvalue weighted by Gasteiger charge is -2.34. The summed E-state index contributed by atoms with van der Waals surface area (Å²) in [5, 5.41) is 33.4. The molecule has 1 aromatic heterocycles. The molecule has 9 nitrogen and oxygen atoms in total. The van der Waals surface area contributed by atoms with Crippen LogP contribution in [-0.4, -0.2) is 82.9 Å². The van der Waals surface area contributed by atoms with Crippen LogP contribution >= 0.6 is 0 Å². The van der Waals surface area contributed by atoms with E-state index in [9.17, 15) is 14.8 Å². The van der Waals surface area contributed by atoms with Gasteiger partial charge in [-0.15, -0.1) is 0 Å². The number of alkyl halides is 1. The number of benzene rings is 1. The molecule has 10 heteroatoms. The zero-order valence-corrected chi connectivity index (χ0v) is 21.5. The predicted molar refractivity (Wildman–Crippen MR) is 142 cm³/mol. The second-order valence-corrected chi connectivity index (χ2v) is 10.7. The van der Waals surface area contributed by atoms with Crippen molar-refractivity contribution in [3.63, 3.8) is 0 Å². The molecule has 2 atom stereocenters. The topological polar surface area (TPSA) is 113 Å². The summed E-state index contributed by atoms with van der Waals surface area (Å²) in [6.45, 7) is 7.56. The van der Waals surface area contributed by atoms with Crippen LogP contribution in [0.25, 0.3) is 11.3 Å². The number of likely N-dealkylation sites (tertiary alicyclic amines) is 1. The van der Waals surface area contributed by atoms with Crippen LogP contribution in [0.3, 0.4) is 0 Å². The molecule has 0 aliphatic carbocycles. The number of hydrogen-bond acceptors (Lipinski definition) is 9. The highest BCUT2D eigenvalue weighted by Gasteiger charge is 2.36. The number of nitriles is 1. The Hall–Kier alpha value is -3.29. The van der Waals surface area contributed by atoms with Gasteiger partial charge in [-0.3, -0.25) is 5.01 Å². The van der Waals surface area contributed by atoms with Crippen LogP contribution < -0.4 is 10.6 Å². The van der Waals surface area contributed by atoms with Gasteiger partial charge in [0.2, 0.25) is 5.95 Å². The maximum absolute atomic E-state index is 12.7. The molecule has 1 saturated heterocycles. The largest absolute Gasteiger partial charge is 0.395 e. The highest BCUT2D eigenvalue weighted by Crippen LogP contribution is 2.41. The smallest absolute Gasteiger partial charge is 0.224 e. The Balaban J connectivity index is 1.32. The number of rotatable bonds is 8. The fourth-order valence-electron chi connectivity index (χ4n) is 5.59. The van der Waals surface area contributed by atoms with Crippen molar-refractivity contribution in [3.05, 3.63) is 35.5 Å². The van der Waals surface area contributed by atoms with Crippen molar-refractivity contribution in [2.24, 2.45) is 11.0 Å². The van der Waals surface area contributed by atoms with Crippen molar-refractivity contribution < 1.29 is 9.50 Å². The summed E-state index contributed by atoms with van der Waals surface area (Å²) >= 11 is 0. The first kappa shape index (κ1) is 25.4. The fourth-order valence-corrected chi connectivity index (χ4v) is 5.59. The number of halogens is 1. The van der Waals surface area contributed by atoms with Crippen molar-refractivity contribution in [2.45, 2.75) is 44.7 Å². The Morgan fingerprint density at radius 3 is 2.86 bits per heavy atom. The summed E-state index contributed by atoms with van der Waals surface area (Å²) in [7, 11) is 0. The van der Waals surface area contributed by atoms with E-state index in [1.54, 1.807) is 6.20 Å². The van der Waals surface area contributed by atoms with Gasteiger partial charge in [-0.25, -0.2) is 14.4 Å². The van der Waals surface area contributed by atoms with E-state index in [0.717, 1.165) is 61.4 Å². The molecular formula is C27H35FN8O. The average Bonchev–Trinajstić information content (AvgIpc) is 3.43. The van der Waals surface area contributed by atoms with Gasteiger partial charge in [-0.1, -0.05) is 6.92 Å². The minimum atomic E-state index is -0.452. The van der Waals surface area contributed by atoms with Crippen molar-refractivity contribution in [1.29, 1.82) is 5.26 Å². The first-order valence-corrected chi connectivity index (χ1v) is 13.0. The molecule has 0 bridgehead atoms. The standard InChI is InChI=1S/C27H35FN8O/c1-18-11-24(36(34-18)15-19-4-8-35(9-5-19)10-6-28)33-26-30-7-3-23(32-26)20-12-21(14-29)25-22(13-20)27(2,17-37)16-31-25/h3,7,12-13,19,24,31,37H,4-6,8-11,15-17H2,1-2H3,(H,30,32,33)/t24?,27-/m1/s1. The highest BCUT2D eigenvalue weighted by molar-refractivity contribution is 5.84. The SMILES string of the molecule is CC1=NN(CC2CCN(CCF)CC2)C(Nc2nccc(-c3cc(C#N)c4c(c3)[C@@](C)(CO)CN4)n2)C1. The molecule has 3 aliphatic rings. The second-order valence-electron chi connectivity index (χ2n) is 10.7. The van der Waals surface area contributed by atoms with Gasteiger partial charge >= 0.3 is 0 Å². The molecule has 0 saturated carbocycles. The first-order chi connectivity index (χ1) is 17.9. The van der Waals surface area contributed by atoms with Gasteiger partial charge in [-0.05, 0) is 62.5 Å². The number of aliphatic hydroxyl groups is 1. The molecule has 3 aliphatic heterocycles. The minimum Gasteiger partial charge on any atom is -0.395 e. The third-order valence-electron chi connectivity index (χ3n) is 7.86. The number of piperidine rings is 1. The summed E-state index contributed by atoms with van der Waals surface area (Å²) in [6.07, 6.45) is 4.57. The zero-order chi connectivity index (χ0) is 26.0. The van der Waals surface area contributed by atoms with E-state index in [-0.39, 0.29) is 19.4 Å². The quantitative estimate of drug-likeness (QED) is 0.500. The van der Waals surface area contributed by atoms with Gasteiger partial charge in [-0.2, -0.15) is 10.4 Å². The maximum Gasteiger partial charge on any atom is 0.224 e. The molecule has 2 aromatic rings. The van der Waals surface area contributed by atoms with Gasteiger partial charge in [0.15, 0.2) is 0 Å². The molecule has 1 fully saturated rings. The number of fused-ring (bicyclic) bond motifs is 1. The van der Waals surface area contributed by atoms with Crippen LogP contribution in [0.15, 0.2) is 29.5 Å². The lowest BCUT2D eigenvalue weighted by atomic mass is 9.83. The van der Waals surface area contributed by atoms with Crippen LogP contribution in [0.4, 0.5) is 16.0 Å². The fraction of sp³-hybridized carbons (Fsp3) is 0.556. The van der Waals surface area contributed by atoms with Crippen molar-refractivity contribution >= 4 is 17.3 Å². The molecule has 37 heavy (non-hydrogen) atoms. The summed E-state index contributed by atoms with van der Waals surface area (Å²) < 4.78 is 12.7. The van der Waals surface area contributed by atoms with E-state index in [0.29, 0.717) is 36.2 Å². The molecule has 1 unspecified atom stereocenters. The number of aromatic nitrogens is 2. The minimum absolute atomic E-state index is 0.0103. The van der Waals surface area contributed by atoms with E-state index in [2.05, 4.69) is 31.6 Å². The lowest BCUT2D eigenvalue weighted by molar-refractivity contribution is 0.130. The second kappa shape index (κ2) is 10.6. The summed E-state index contributed by atoms with van der Waals surface area (Å²) in [5.74, 6) is 1.03. The Kier molecular flexibility index (Phi) is 7.26. The predicted octanol–water partition coefficient (Wildman–Crippen LogP) is 3.19. The van der Waals surface area contributed by atoms with Crippen LogP contribution in [0.2, 0.25) is 0 Å². The van der Waals surface area contributed by atoms with Crippen LogP contribution in [0.5, 0.6) is 0 Å². The monoisotopic (exact) mass is 506 g/mol. The van der Waals surface area contributed by atoms with Crippen molar-refractivity contribution in [1.82, 2.24) is 19.9 Å². The first-order valence-electron chi connectivity index (χ1n) is 13.0. The third kappa shape index (κ3) is 5.24. The molecule has 3 N–H and O–H groups in total. The van der Waals surface area contributed by atoms with Gasteiger partial charge in [0.05, 0.1) is 23.6 Å².